The van der Waals surface area contributed by atoms with Crippen LogP contribution in [0.4, 0.5) is 0 Å². The molecule has 0 radical (unpaired) electrons. The molecule has 0 aliphatic heterocycles. The first-order chi connectivity index (χ1) is 9.56. The molecule has 0 saturated carbocycles. The van der Waals surface area contributed by atoms with Gasteiger partial charge in [-0.05, 0) is 17.9 Å². The Balaban J connectivity index is 2.95. The zero-order valence-corrected chi connectivity index (χ0v) is 13.5. The lowest BCUT2D eigenvalue weighted by Gasteiger charge is -2.30. The molecule has 0 saturated heterocycles. The Morgan fingerprint density at radius 2 is 1.62 bits per heavy atom. The molecule has 4 heteroatoms. The van der Waals surface area contributed by atoms with Crippen LogP contribution in [0.1, 0.15) is 39.7 Å². The monoisotopic (exact) mass is 291 g/mol. The van der Waals surface area contributed by atoms with E-state index in [9.17, 15) is 14.7 Å². The molecule has 0 heterocycles. The summed E-state index contributed by atoms with van der Waals surface area (Å²) in [7, 11) is 1.72. The second kappa shape index (κ2) is 6.29. The Hall–Kier alpha value is -1.84. The Bertz CT molecular complexity index is 505. The Labute approximate surface area is 126 Å². The summed E-state index contributed by atoms with van der Waals surface area (Å²) in [6.45, 7) is 8.34. The first-order valence-corrected chi connectivity index (χ1v) is 7.09. The van der Waals surface area contributed by atoms with Crippen molar-refractivity contribution in [2.24, 2.45) is 5.41 Å². The Morgan fingerprint density at radius 3 is 2.05 bits per heavy atom. The number of aliphatic carboxylic acids is 1. The van der Waals surface area contributed by atoms with E-state index in [1.165, 1.54) is 0 Å². The van der Waals surface area contributed by atoms with Gasteiger partial charge in [-0.1, -0.05) is 51.1 Å². The number of rotatable bonds is 5. The van der Waals surface area contributed by atoms with Gasteiger partial charge in [0.1, 0.15) is 0 Å². The van der Waals surface area contributed by atoms with Crippen LogP contribution in [-0.4, -0.2) is 35.5 Å². The molecule has 1 aromatic carbocycles. The largest absolute Gasteiger partial charge is 0.481 e. The van der Waals surface area contributed by atoms with E-state index in [-0.39, 0.29) is 17.7 Å². The maximum atomic E-state index is 12.4. The van der Waals surface area contributed by atoms with Crippen molar-refractivity contribution in [3.05, 3.63) is 35.9 Å². The van der Waals surface area contributed by atoms with Crippen LogP contribution < -0.4 is 0 Å². The summed E-state index contributed by atoms with van der Waals surface area (Å²) in [5, 5.41) is 9.58. The molecule has 0 aliphatic rings. The minimum absolute atomic E-state index is 0.0171. The minimum atomic E-state index is -1.20. The predicted octanol–water partition coefficient (Wildman–Crippen LogP) is 2.92. The molecule has 1 unspecified atom stereocenters. The zero-order chi connectivity index (χ0) is 16.3. The van der Waals surface area contributed by atoms with Gasteiger partial charge in [0.15, 0.2) is 0 Å². The van der Waals surface area contributed by atoms with Gasteiger partial charge < -0.3 is 10.0 Å². The predicted molar refractivity (Wildman–Crippen MR) is 83.1 cm³/mol. The standard InChI is InChI=1S/C17H25NO3/c1-16(2,3)12-18(5)14(19)11-17(4,15(20)21)13-9-7-6-8-10-13/h6-10H,11-12H2,1-5H3,(H,20,21). The molecule has 0 spiro atoms. The van der Waals surface area contributed by atoms with Gasteiger partial charge in [-0.2, -0.15) is 0 Å². The first-order valence-electron chi connectivity index (χ1n) is 7.09. The lowest BCUT2D eigenvalue weighted by atomic mass is 9.79. The van der Waals surface area contributed by atoms with Crippen molar-refractivity contribution in [1.29, 1.82) is 0 Å². The van der Waals surface area contributed by atoms with Crippen LogP contribution in [0.25, 0.3) is 0 Å². The fourth-order valence-electron chi connectivity index (χ4n) is 2.34. The molecular weight excluding hydrogens is 266 g/mol. The minimum Gasteiger partial charge on any atom is -0.481 e. The number of carboxylic acid groups (broad SMARTS) is 1. The van der Waals surface area contributed by atoms with Gasteiger partial charge in [-0.25, -0.2) is 0 Å². The number of benzene rings is 1. The molecule has 0 fully saturated rings. The molecule has 116 valence electrons. The summed E-state index contributed by atoms with van der Waals surface area (Å²) < 4.78 is 0. The Morgan fingerprint density at radius 1 is 1.10 bits per heavy atom. The summed E-state index contributed by atoms with van der Waals surface area (Å²) in [6, 6.07) is 8.93. The molecule has 1 rings (SSSR count). The van der Waals surface area contributed by atoms with Gasteiger partial charge in [0.2, 0.25) is 5.91 Å². The van der Waals surface area contributed by atoms with Gasteiger partial charge in [0.05, 0.1) is 5.41 Å². The van der Waals surface area contributed by atoms with Crippen molar-refractivity contribution in [3.8, 4) is 0 Å². The number of carboxylic acids is 1. The number of amides is 1. The fourth-order valence-corrected chi connectivity index (χ4v) is 2.34. The highest BCUT2D eigenvalue weighted by atomic mass is 16.4. The lowest BCUT2D eigenvalue weighted by molar-refractivity contribution is -0.147. The Kier molecular flexibility index (Phi) is 5.15. The van der Waals surface area contributed by atoms with Gasteiger partial charge in [0, 0.05) is 20.0 Å². The maximum absolute atomic E-state index is 12.4. The highest BCUT2D eigenvalue weighted by Crippen LogP contribution is 2.29. The van der Waals surface area contributed by atoms with Crippen LogP contribution in [0.15, 0.2) is 30.3 Å². The van der Waals surface area contributed by atoms with E-state index in [2.05, 4.69) is 0 Å². The van der Waals surface area contributed by atoms with E-state index in [0.717, 1.165) is 0 Å². The third kappa shape index (κ3) is 4.59. The molecule has 1 amide bonds. The zero-order valence-electron chi connectivity index (χ0n) is 13.5. The number of carbonyl (C=O) groups is 2. The van der Waals surface area contributed by atoms with Crippen molar-refractivity contribution < 1.29 is 14.7 Å². The average Bonchev–Trinajstić information content (AvgIpc) is 2.37. The molecule has 1 N–H and O–H groups in total. The van der Waals surface area contributed by atoms with Crippen molar-refractivity contribution in [1.82, 2.24) is 4.90 Å². The van der Waals surface area contributed by atoms with E-state index in [4.69, 9.17) is 0 Å². The number of hydrogen-bond donors (Lipinski definition) is 1. The maximum Gasteiger partial charge on any atom is 0.314 e. The smallest absolute Gasteiger partial charge is 0.314 e. The number of nitrogens with zero attached hydrogens (tertiary/aromatic N) is 1. The van der Waals surface area contributed by atoms with Gasteiger partial charge in [-0.15, -0.1) is 0 Å². The molecule has 21 heavy (non-hydrogen) atoms. The summed E-state index contributed by atoms with van der Waals surface area (Å²) in [5.41, 5.74) is -0.573. The van der Waals surface area contributed by atoms with Gasteiger partial charge in [0.25, 0.3) is 0 Å². The van der Waals surface area contributed by atoms with Crippen LogP contribution in [0.2, 0.25) is 0 Å². The molecule has 4 nitrogen and oxygen atoms in total. The molecule has 0 aromatic heterocycles. The second-order valence-electron chi connectivity index (χ2n) is 6.99. The lowest BCUT2D eigenvalue weighted by Crippen LogP contribution is -2.41. The van der Waals surface area contributed by atoms with E-state index in [0.29, 0.717) is 12.1 Å². The molecule has 1 atom stereocenters. The first kappa shape index (κ1) is 17.2. The van der Waals surface area contributed by atoms with Crippen LogP contribution in [0, 0.1) is 5.41 Å². The third-order valence-electron chi connectivity index (χ3n) is 3.52. The second-order valence-corrected chi connectivity index (χ2v) is 6.99. The quantitative estimate of drug-likeness (QED) is 0.907. The summed E-state index contributed by atoms with van der Waals surface area (Å²) in [5.74, 6) is -1.13. The van der Waals surface area contributed by atoms with E-state index in [1.807, 2.05) is 26.8 Å². The van der Waals surface area contributed by atoms with Gasteiger partial charge in [-0.3, -0.25) is 9.59 Å². The van der Waals surface area contributed by atoms with Crippen molar-refractivity contribution in [2.45, 2.75) is 39.5 Å². The van der Waals surface area contributed by atoms with E-state index >= 15 is 0 Å². The summed E-state index contributed by atoms with van der Waals surface area (Å²) in [4.78, 5) is 25.7. The topological polar surface area (TPSA) is 57.6 Å². The van der Waals surface area contributed by atoms with Crippen LogP contribution in [-0.2, 0) is 15.0 Å². The molecular formula is C17H25NO3. The van der Waals surface area contributed by atoms with Crippen molar-refractivity contribution in [2.75, 3.05) is 13.6 Å². The summed E-state index contributed by atoms with van der Waals surface area (Å²) >= 11 is 0. The fraction of sp³-hybridized carbons (Fsp3) is 0.529. The molecule has 0 bridgehead atoms. The van der Waals surface area contributed by atoms with E-state index in [1.54, 1.807) is 43.1 Å². The third-order valence-corrected chi connectivity index (χ3v) is 3.52. The normalized spacial score (nSPS) is 14.3. The average molecular weight is 291 g/mol. The van der Waals surface area contributed by atoms with Crippen LogP contribution in [0.5, 0.6) is 0 Å². The highest BCUT2D eigenvalue weighted by Gasteiger charge is 2.38. The van der Waals surface area contributed by atoms with Crippen LogP contribution >= 0.6 is 0 Å². The summed E-state index contributed by atoms with van der Waals surface area (Å²) in [6.07, 6.45) is -0.0427. The molecule has 1 aromatic rings. The number of hydrogen-bond acceptors (Lipinski definition) is 2. The van der Waals surface area contributed by atoms with Crippen LogP contribution in [0.3, 0.4) is 0 Å². The van der Waals surface area contributed by atoms with Crippen molar-refractivity contribution >= 4 is 11.9 Å². The van der Waals surface area contributed by atoms with Crippen molar-refractivity contribution in [3.63, 3.8) is 0 Å². The number of carbonyl (C=O) groups excluding carboxylic acids is 1. The highest BCUT2D eigenvalue weighted by molar-refractivity contribution is 5.89. The molecule has 0 aliphatic carbocycles. The SMILES string of the molecule is CN(CC(C)(C)C)C(=O)CC(C)(C(=O)O)c1ccccc1. The van der Waals surface area contributed by atoms with Gasteiger partial charge >= 0.3 is 5.97 Å². The van der Waals surface area contributed by atoms with E-state index < -0.39 is 11.4 Å².